The van der Waals surface area contributed by atoms with Crippen molar-refractivity contribution in [1.82, 2.24) is 9.21 Å². The summed E-state index contributed by atoms with van der Waals surface area (Å²) in [6.45, 7) is 2.65. The van der Waals surface area contributed by atoms with Gasteiger partial charge in [-0.1, -0.05) is 43.2 Å². The Morgan fingerprint density at radius 1 is 0.844 bits per heavy atom. The minimum atomic E-state index is -3.52. The number of sulfonamides is 1. The van der Waals surface area contributed by atoms with Crippen molar-refractivity contribution in [3.63, 3.8) is 0 Å². The van der Waals surface area contributed by atoms with Crippen LogP contribution in [0.5, 0.6) is 0 Å². The van der Waals surface area contributed by atoms with Gasteiger partial charge in [-0.2, -0.15) is 4.31 Å². The number of nitrogens with zero attached hydrogens (tertiary/aromatic N) is 2. The van der Waals surface area contributed by atoms with Crippen molar-refractivity contribution in [2.24, 2.45) is 5.92 Å². The molecule has 0 atom stereocenters. The Labute approximate surface area is 191 Å². The number of hydrogen-bond donors (Lipinski definition) is 1. The Balaban J connectivity index is 1.32. The molecule has 2 aromatic carbocycles. The minimum absolute atomic E-state index is 0.108. The molecule has 2 saturated heterocycles. The van der Waals surface area contributed by atoms with Gasteiger partial charge in [0.2, 0.25) is 10.0 Å². The van der Waals surface area contributed by atoms with E-state index in [1.807, 2.05) is 11.0 Å². The van der Waals surface area contributed by atoms with Crippen molar-refractivity contribution in [3.8, 4) is 0 Å². The number of anilines is 1. The number of carbonyl (C=O) groups is 1. The Bertz CT molecular complexity index is 977. The molecule has 0 radical (unpaired) electrons. The highest BCUT2D eigenvalue weighted by Crippen LogP contribution is 2.27. The van der Waals surface area contributed by atoms with Crippen LogP contribution in [0.4, 0.5) is 10.5 Å². The normalized spacial score (nSPS) is 18.8. The number of carbonyl (C=O) groups excluding carboxylic acids is 1. The average molecular weight is 456 g/mol. The lowest BCUT2D eigenvalue weighted by Gasteiger charge is -2.31. The largest absolute Gasteiger partial charge is 0.325 e. The lowest BCUT2D eigenvalue weighted by Crippen LogP contribution is -2.38. The van der Waals surface area contributed by atoms with Gasteiger partial charge in [-0.3, -0.25) is 0 Å². The Morgan fingerprint density at radius 2 is 1.47 bits per heavy atom. The average Bonchev–Trinajstić information content (AvgIpc) is 3.10. The summed E-state index contributed by atoms with van der Waals surface area (Å²) >= 11 is 0. The third-order valence-electron chi connectivity index (χ3n) is 6.58. The molecule has 7 heteroatoms. The summed E-state index contributed by atoms with van der Waals surface area (Å²) in [6, 6.07) is 16.9. The standard InChI is InChI=1S/C25H33N3O3S/c29-25(27-16-6-1-2-7-17-27)26-23-10-12-24(13-11-23)32(30,31)28-18-14-22(15-19-28)20-21-8-4-3-5-9-21/h3-5,8-13,22H,1-2,6-7,14-20H2,(H,26,29). The molecule has 0 unspecified atom stereocenters. The van der Waals surface area contributed by atoms with Gasteiger partial charge in [0, 0.05) is 31.9 Å². The van der Waals surface area contributed by atoms with Crippen molar-refractivity contribution in [2.75, 3.05) is 31.5 Å². The number of hydrogen-bond acceptors (Lipinski definition) is 3. The number of amides is 2. The molecular weight excluding hydrogens is 422 g/mol. The molecule has 4 rings (SSSR count). The number of likely N-dealkylation sites (tertiary alicyclic amines) is 1. The first-order valence-corrected chi connectivity index (χ1v) is 13.2. The van der Waals surface area contributed by atoms with Gasteiger partial charge in [-0.25, -0.2) is 13.2 Å². The molecule has 0 aromatic heterocycles. The lowest BCUT2D eigenvalue weighted by atomic mass is 9.91. The lowest BCUT2D eigenvalue weighted by molar-refractivity contribution is 0.214. The Kier molecular flexibility index (Phi) is 7.48. The van der Waals surface area contributed by atoms with Crippen LogP contribution in [-0.4, -0.2) is 49.8 Å². The second-order valence-corrected chi connectivity index (χ2v) is 10.8. The molecule has 0 aliphatic carbocycles. The highest BCUT2D eigenvalue weighted by Gasteiger charge is 2.29. The predicted molar refractivity (Wildman–Crippen MR) is 127 cm³/mol. The Hall–Kier alpha value is -2.38. The van der Waals surface area contributed by atoms with E-state index in [0.29, 0.717) is 24.7 Å². The molecule has 2 aromatic rings. The first-order chi connectivity index (χ1) is 15.5. The van der Waals surface area contributed by atoms with Gasteiger partial charge >= 0.3 is 6.03 Å². The number of piperidine rings is 1. The maximum atomic E-state index is 13.1. The van der Waals surface area contributed by atoms with Crippen molar-refractivity contribution < 1.29 is 13.2 Å². The van der Waals surface area contributed by atoms with Crippen molar-refractivity contribution in [3.05, 3.63) is 60.2 Å². The monoisotopic (exact) mass is 455 g/mol. The van der Waals surface area contributed by atoms with Gasteiger partial charge in [-0.15, -0.1) is 0 Å². The molecular formula is C25H33N3O3S. The van der Waals surface area contributed by atoms with Crippen molar-refractivity contribution in [2.45, 2.75) is 49.8 Å². The number of nitrogens with one attached hydrogen (secondary N) is 1. The van der Waals surface area contributed by atoms with Crippen molar-refractivity contribution >= 4 is 21.7 Å². The van der Waals surface area contributed by atoms with Crippen LogP contribution in [0.1, 0.15) is 44.1 Å². The smallest absolute Gasteiger partial charge is 0.321 e. The zero-order valence-electron chi connectivity index (χ0n) is 18.6. The van der Waals surface area contributed by atoms with Gasteiger partial charge < -0.3 is 10.2 Å². The fourth-order valence-corrected chi connectivity index (χ4v) is 6.11. The van der Waals surface area contributed by atoms with Gasteiger partial charge in [0.1, 0.15) is 0 Å². The molecule has 2 aliphatic heterocycles. The van der Waals surface area contributed by atoms with Gasteiger partial charge in [0.25, 0.3) is 0 Å². The maximum absolute atomic E-state index is 13.1. The van der Waals surface area contributed by atoms with Crippen LogP contribution < -0.4 is 5.32 Å². The van der Waals surface area contributed by atoms with E-state index >= 15 is 0 Å². The first-order valence-electron chi connectivity index (χ1n) is 11.7. The second kappa shape index (κ2) is 10.5. The first kappa shape index (κ1) is 22.8. The Morgan fingerprint density at radius 3 is 2.09 bits per heavy atom. The summed E-state index contributed by atoms with van der Waals surface area (Å²) in [5, 5.41) is 2.91. The van der Waals surface area contributed by atoms with Crippen LogP contribution in [0.25, 0.3) is 0 Å². The molecule has 2 heterocycles. The van der Waals surface area contributed by atoms with Gasteiger partial charge in [-0.05, 0) is 67.9 Å². The van der Waals surface area contributed by atoms with Crippen LogP contribution in [0, 0.1) is 5.92 Å². The van der Waals surface area contributed by atoms with Crippen molar-refractivity contribution in [1.29, 1.82) is 0 Å². The highest BCUT2D eigenvalue weighted by atomic mass is 32.2. The summed E-state index contributed by atoms with van der Waals surface area (Å²) in [7, 11) is -3.52. The van der Waals surface area contributed by atoms with Crippen LogP contribution in [0.2, 0.25) is 0 Å². The molecule has 0 spiro atoms. The van der Waals surface area contributed by atoms with E-state index in [2.05, 4.69) is 29.6 Å². The van der Waals surface area contributed by atoms with Crippen LogP contribution >= 0.6 is 0 Å². The quantitative estimate of drug-likeness (QED) is 0.708. The van der Waals surface area contributed by atoms with Gasteiger partial charge in [0.05, 0.1) is 4.90 Å². The van der Waals surface area contributed by atoms with E-state index in [9.17, 15) is 13.2 Å². The number of rotatable bonds is 5. The van der Waals surface area contributed by atoms with E-state index in [-0.39, 0.29) is 10.9 Å². The second-order valence-electron chi connectivity index (χ2n) is 8.89. The summed E-state index contributed by atoms with van der Waals surface area (Å²) in [5.74, 6) is 0.514. The van der Waals surface area contributed by atoms with E-state index in [0.717, 1.165) is 45.2 Å². The summed E-state index contributed by atoms with van der Waals surface area (Å²) in [5.41, 5.74) is 1.94. The third-order valence-corrected chi connectivity index (χ3v) is 8.49. The zero-order valence-corrected chi connectivity index (χ0v) is 19.4. The molecule has 2 amide bonds. The summed E-state index contributed by atoms with van der Waals surface area (Å²) < 4.78 is 27.8. The number of benzene rings is 2. The SMILES string of the molecule is O=C(Nc1ccc(S(=O)(=O)N2CCC(Cc3ccccc3)CC2)cc1)N1CCCCCC1. The highest BCUT2D eigenvalue weighted by molar-refractivity contribution is 7.89. The van der Waals surface area contributed by atoms with E-state index in [1.165, 1.54) is 18.4 Å². The number of urea groups is 1. The third kappa shape index (κ3) is 5.70. The molecule has 1 N–H and O–H groups in total. The molecule has 2 fully saturated rings. The topological polar surface area (TPSA) is 69.7 Å². The van der Waals surface area contributed by atoms with E-state index in [4.69, 9.17) is 0 Å². The molecule has 0 saturated carbocycles. The maximum Gasteiger partial charge on any atom is 0.321 e. The molecule has 32 heavy (non-hydrogen) atoms. The van der Waals surface area contributed by atoms with Crippen LogP contribution in [0.3, 0.4) is 0 Å². The molecule has 0 bridgehead atoms. The fourth-order valence-electron chi connectivity index (χ4n) is 4.64. The molecule has 172 valence electrons. The van der Waals surface area contributed by atoms with E-state index in [1.54, 1.807) is 28.6 Å². The molecule has 6 nitrogen and oxygen atoms in total. The zero-order chi connectivity index (χ0) is 22.4. The van der Waals surface area contributed by atoms with Crippen LogP contribution in [-0.2, 0) is 16.4 Å². The van der Waals surface area contributed by atoms with Gasteiger partial charge in [0.15, 0.2) is 0 Å². The minimum Gasteiger partial charge on any atom is -0.325 e. The summed E-state index contributed by atoms with van der Waals surface area (Å²) in [4.78, 5) is 14.6. The van der Waals surface area contributed by atoms with Crippen LogP contribution in [0.15, 0.2) is 59.5 Å². The molecule has 2 aliphatic rings. The fraction of sp³-hybridized carbons (Fsp3) is 0.480. The predicted octanol–water partition coefficient (Wildman–Crippen LogP) is 4.74. The summed E-state index contributed by atoms with van der Waals surface area (Å²) in [6.07, 6.45) is 7.15. The van der Waals surface area contributed by atoms with E-state index < -0.39 is 10.0 Å².